The number of carbonyl (C=O) groups excluding carboxylic acids is 1. The van der Waals surface area contributed by atoms with Crippen LogP contribution in [0.4, 0.5) is 0 Å². The van der Waals surface area contributed by atoms with Crippen molar-refractivity contribution in [3.63, 3.8) is 0 Å². The number of nitrogens with one attached hydrogen (secondary N) is 2. The molecule has 1 aromatic rings. The van der Waals surface area contributed by atoms with Gasteiger partial charge in [-0.15, -0.1) is 12.4 Å². The van der Waals surface area contributed by atoms with Crippen LogP contribution in [0.3, 0.4) is 0 Å². The lowest BCUT2D eigenvalue weighted by Gasteiger charge is -2.15. The number of rotatable bonds is 9. The quantitative estimate of drug-likeness (QED) is 0.682. The van der Waals surface area contributed by atoms with Gasteiger partial charge < -0.3 is 29.6 Å². The van der Waals surface area contributed by atoms with Crippen LogP contribution in [0.15, 0.2) is 12.1 Å². The molecule has 1 heterocycles. The van der Waals surface area contributed by atoms with Gasteiger partial charge in [-0.3, -0.25) is 4.79 Å². The first kappa shape index (κ1) is 21.3. The zero-order chi connectivity index (χ0) is 17.4. The molecule has 1 aromatic carbocycles. The minimum Gasteiger partial charge on any atom is -0.496 e. The first-order chi connectivity index (χ1) is 11.7. The van der Waals surface area contributed by atoms with Crippen molar-refractivity contribution in [2.24, 2.45) is 0 Å². The highest BCUT2D eigenvalue weighted by Gasteiger charge is 2.16. The summed E-state index contributed by atoms with van der Waals surface area (Å²) in [6, 6.07) is 3.55. The summed E-state index contributed by atoms with van der Waals surface area (Å²) in [4.78, 5) is 12.0. The van der Waals surface area contributed by atoms with E-state index in [4.69, 9.17) is 18.9 Å². The second-order valence-corrected chi connectivity index (χ2v) is 5.56. The molecular weight excluding hydrogens is 348 g/mol. The summed E-state index contributed by atoms with van der Waals surface area (Å²) >= 11 is 0. The fraction of sp³-hybridized carbons (Fsp3) is 0.588. The molecule has 0 saturated carbocycles. The van der Waals surface area contributed by atoms with Crippen LogP contribution in [-0.2, 0) is 16.1 Å². The van der Waals surface area contributed by atoms with Crippen molar-refractivity contribution < 1.29 is 23.7 Å². The number of carbonyl (C=O) groups is 1. The Morgan fingerprint density at radius 3 is 2.44 bits per heavy atom. The fourth-order valence-corrected chi connectivity index (χ4v) is 2.64. The van der Waals surface area contributed by atoms with Crippen molar-refractivity contribution >= 4 is 18.3 Å². The lowest BCUT2D eigenvalue weighted by atomic mass is 10.1. The van der Waals surface area contributed by atoms with E-state index in [0.717, 1.165) is 25.0 Å². The fourth-order valence-electron chi connectivity index (χ4n) is 2.64. The molecular formula is C17H27ClN2O5. The highest BCUT2D eigenvalue weighted by atomic mass is 35.5. The summed E-state index contributed by atoms with van der Waals surface area (Å²) < 4.78 is 21.4. The molecule has 0 aromatic heterocycles. The zero-order valence-electron chi connectivity index (χ0n) is 14.9. The lowest BCUT2D eigenvalue weighted by Crippen LogP contribution is -2.36. The molecule has 1 fully saturated rings. The van der Waals surface area contributed by atoms with Crippen molar-refractivity contribution in [2.45, 2.75) is 25.5 Å². The second kappa shape index (κ2) is 11.0. The van der Waals surface area contributed by atoms with Crippen molar-refractivity contribution in [1.29, 1.82) is 0 Å². The van der Waals surface area contributed by atoms with Gasteiger partial charge in [0.1, 0.15) is 5.75 Å². The monoisotopic (exact) mass is 374 g/mol. The van der Waals surface area contributed by atoms with Crippen LogP contribution in [0.5, 0.6) is 17.2 Å². The predicted octanol–water partition coefficient (Wildman–Crippen LogP) is 1.52. The molecule has 0 bridgehead atoms. The van der Waals surface area contributed by atoms with Crippen molar-refractivity contribution in [2.75, 3.05) is 41.0 Å². The SMILES string of the molecule is COc1cc(OC)c(OC)cc1CNC(=O)CNCC1CCCO1.Cl. The maximum absolute atomic E-state index is 12.0. The summed E-state index contributed by atoms with van der Waals surface area (Å²) in [5.74, 6) is 1.74. The minimum absolute atomic E-state index is 0. The average Bonchev–Trinajstić information content (AvgIpc) is 3.12. The third kappa shape index (κ3) is 6.26. The van der Waals surface area contributed by atoms with E-state index in [1.165, 1.54) is 0 Å². The van der Waals surface area contributed by atoms with Crippen molar-refractivity contribution in [1.82, 2.24) is 10.6 Å². The second-order valence-electron chi connectivity index (χ2n) is 5.56. The van der Waals surface area contributed by atoms with Crippen LogP contribution >= 0.6 is 12.4 Å². The van der Waals surface area contributed by atoms with E-state index < -0.39 is 0 Å². The van der Waals surface area contributed by atoms with Crippen molar-refractivity contribution in [3.05, 3.63) is 17.7 Å². The molecule has 1 saturated heterocycles. The van der Waals surface area contributed by atoms with Gasteiger partial charge in [0.2, 0.25) is 5.91 Å². The van der Waals surface area contributed by atoms with E-state index in [0.29, 0.717) is 30.3 Å². The number of methoxy groups -OCH3 is 3. The summed E-state index contributed by atoms with van der Waals surface area (Å²) in [5.41, 5.74) is 0.822. The van der Waals surface area contributed by atoms with Crippen LogP contribution in [0.2, 0.25) is 0 Å². The number of amides is 1. The highest BCUT2D eigenvalue weighted by molar-refractivity contribution is 5.85. The van der Waals surface area contributed by atoms with Crippen LogP contribution in [0, 0.1) is 0 Å². The van der Waals surface area contributed by atoms with Crippen LogP contribution in [0.1, 0.15) is 18.4 Å². The molecule has 2 N–H and O–H groups in total. The third-order valence-corrected chi connectivity index (χ3v) is 3.94. The first-order valence-electron chi connectivity index (χ1n) is 8.05. The Hall–Kier alpha value is -1.70. The van der Waals surface area contributed by atoms with Crippen LogP contribution in [0.25, 0.3) is 0 Å². The van der Waals surface area contributed by atoms with E-state index in [1.54, 1.807) is 33.5 Å². The molecule has 1 atom stereocenters. The number of ether oxygens (including phenoxy) is 4. The van der Waals surface area contributed by atoms with Crippen LogP contribution in [-0.4, -0.2) is 53.0 Å². The van der Waals surface area contributed by atoms with E-state index in [1.807, 2.05) is 0 Å². The molecule has 1 unspecified atom stereocenters. The molecule has 1 aliphatic heterocycles. The van der Waals surface area contributed by atoms with E-state index in [-0.39, 0.29) is 31.0 Å². The van der Waals surface area contributed by atoms with E-state index in [9.17, 15) is 4.79 Å². The van der Waals surface area contributed by atoms with Gasteiger partial charge in [-0.1, -0.05) is 0 Å². The lowest BCUT2D eigenvalue weighted by molar-refractivity contribution is -0.120. The maximum Gasteiger partial charge on any atom is 0.234 e. The zero-order valence-corrected chi connectivity index (χ0v) is 15.7. The van der Waals surface area contributed by atoms with E-state index in [2.05, 4.69) is 10.6 Å². The smallest absolute Gasteiger partial charge is 0.234 e. The standard InChI is InChI=1S/C17H26N2O5.ClH/c1-21-14-8-16(23-3)15(22-2)7-12(14)9-19-17(20)11-18-10-13-5-4-6-24-13;/h7-8,13,18H,4-6,9-11H2,1-3H3,(H,19,20);1H. The summed E-state index contributed by atoms with van der Waals surface area (Å²) in [6.45, 7) is 2.13. The minimum atomic E-state index is -0.0789. The molecule has 0 aliphatic carbocycles. The Morgan fingerprint density at radius 1 is 1.16 bits per heavy atom. The normalized spacial score (nSPS) is 16.0. The number of hydrogen-bond acceptors (Lipinski definition) is 6. The Bertz CT molecular complexity index is 550. The molecule has 7 nitrogen and oxygen atoms in total. The summed E-state index contributed by atoms with van der Waals surface area (Å²) in [7, 11) is 4.72. The largest absolute Gasteiger partial charge is 0.496 e. The Morgan fingerprint density at radius 2 is 1.84 bits per heavy atom. The average molecular weight is 375 g/mol. The van der Waals surface area contributed by atoms with Crippen LogP contribution < -0.4 is 24.8 Å². The molecule has 142 valence electrons. The van der Waals surface area contributed by atoms with Gasteiger partial charge in [0, 0.05) is 31.3 Å². The Labute approximate surface area is 154 Å². The summed E-state index contributed by atoms with van der Waals surface area (Å²) in [5, 5.41) is 5.99. The third-order valence-electron chi connectivity index (χ3n) is 3.94. The molecule has 2 rings (SSSR count). The Kier molecular flexibility index (Phi) is 9.41. The Balaban J connectivity index is 0.00000312. The molecule has 1 aliphatic rings. The highest BCUT2D eigenvalue weighted by Crippen LogP contribution is 2.34. The molecule has 8 heteroatoms. The van der Waals surface area contributed by atoms with Gasteiger partial charge in [-0.25, -0.2) is 0 Å². The number of halogens is 1. The van der Waals surface area contributed by atoms with Crippen molar-refractivity contribution in [3.8, 4) is 17.2 Å². The number of benzene rings is 1. The van der Waals surface area contributed by atoms with Gasteiger partial charge in [0.05, 0.1) is 34.0 Å². The van der Waals surface area contributed by atoms with Gasteiger partial charge in [-0.2, -0.15) is 0 Å². The van der Waals surface area contributed by atoms with Gasteiger partial charge >= 0.3 is 0 Å². The number of hydrogen-bond donors (Lipinski definition) is 2. The van der Waals surface area contributed by atoms with Gasteiger partial charge in [-0.05, 0) is 18.9 Å². The van der Waals surface area contributed by atoms with Gasteiger partial charge in [0.15, 0.2) is 11.5 Å². The molecule has 1 amide bonds. The molecule has 25 heavy (non-hydrogen) atoms. The summed E-state index contributed by atoms with van der Waals surface area (Å²) in [6.07, 6.45) is 2.37. The maximum atomic E-state index is 12.0. The molecule has 0 radical (unpaired) electrons. The molecule has 0 spiro atoms. The topological polar surface area (TPSA) is 78.0 Å². The van der Waals surface area contributed by atoms with Gasteiger partial charge in [0.25, 0.3) is 0 Å². The first-order valence-corrected chi connectivity index (χ1v) is 8.05. The van der Waals surface area contributed by atoms with E-state index >= 15 is 0 Å². The predicted molar refractivity (Wildman–Crippen MR) is 97.0 cm³/mol.